The minimum atomic E-state index is -0.447. The first-order valence-corrected chi connectivity index (χ1v) is 7.40. The minimum Gasteiger partial charge on any atom is -0.389 e. The Hall–Kier alpha value is -0.770. The van der Waals surface area contributed by atoms with Gasteiger partial charge in [-0.15, -0.1) is 0 Å². The van der Waals surface area contributed by atoms with Gasteiger partial charge in [-0.05, 0) is 43.2 Å². The predicted octanol–water partition coefficient (Wildman–Crippen LogP) is 4.96. The maximum absolute atomic E-state index is 9.59. The van der Waals surface area contributed by atoms with E-state index in [1.807, 2.05) is 18.2 Å². The number of hydrogen-bond acceptors (Lipinski definition) is 2. The average molecular weight is 323 g/mol. The van der Waals surface area contributed by atoms with Crippen LogP contribution >= 0.6 is 27.7 Å². The SMILES string of the molecule is Cc1ccccc1Sc1ccc([C@H](C)O)c(Br)c1. The highest BCUT2D eigenvalue weighted by Crippen LogP contribution is 2.34. The van der Waals surface area contributed by atoms with Crippen LogP contribution in [0.3, 0.4) is 0 Å². The van der Waals surface area contributed by atoms with Gasteiger partial charge >= 0.3 is 0 Å². The predicted molar refractivity (Wildman–Crippen MR) is 80.1 cm³/mol. The molecule has 0 radical (unpaired) electrons. The third kappa shape index (κ3) is 3.16. The van der Waals surface area contributed by atoms with Crippen LogP contribution in [-0.2, 0) is 0 Å². The summed E-state index contributed by atoms with van der Waals surface area (Å²) >= 11 is 5.24. The fourth-order valence-electron chi connectivity index (χ4n) is 1.71. The van der Waals surface area contributed by atoms with Crippen LogP contribution in [-0.4, -0.2) is 5.11 Å². The largest absolute Gasteiger partial charge is 0.389 e. The van der Waals surface area contributed by atoms with Crippen LogP contribution in [0.5, 0.6) is 0 Å². The first-order chi connectivity index (χ1) is 8.58. The number of hydrogen-bond donors (Lipinski definition) is 1. The first-order valence-electron chi connectivity index (χ1n) is 5.79. The van der Waals surface area contributed by atoms with Gasteiger partial charge in [-0.25, -0.2) is 0 Å². The van der Waals surface area contributed by atoms with Gasteiger partial charge < -0.3 is 5.11 Å². The quantitative estimate of drug-likeness (QED) is 0.861. The van der Waals surface area contributed by atoms with E-state index in [-0.39, 0.29) is 0 Å². The summed E-state index contributed by atoms with van der Waals surface area (Å²) in [6, 6.07) is 14.4. The van der Waals surface area contributed by atoms with Crippen molar-refractivity contribution in [1.82, 2.24) is 0 Å². The molecule has 0 fully saturated rings. The number of aliphatic hydroxyl groups excluding tert-OH is 1. The maximum atomic E-state index is 9.59. The van der Waals surface area contributed by atoms with Crippen molar-refractivity contribution in [2.45, 2.75) is 29.7 Å². The molecule has 0 amide bonds. The van der Waals surface area contributed by atoms with Crippen molar-refractivity contribution in [1.29, 1.82) is 0 Å². The molecule has 1 atom stereocenters. The van der Waals surface area contributed by atoms with Crippen LogP contribution in [0, 0.1) is 6.92 Å². The second kappa shape index (κ2) is 5.91. The fraction of sp³-hybridized carbons (Fsp3) is 0.200. The molecule has 0 aliphatic rings. The van der Waals surface area contributed by atoms with E-state index in [0.29, 0.717) is 0 Å². The number of aryl methyl sites for hydroxylation is 1. The van der Waals surface area contributed by atoms with Gasteiger partial charge in [0.05, 0.1) is 6.10 Å². The zero-order chi connectivity index (χ0) is 13.1. The van der Waals surface area contributed by atoms with Gasteiger partial charge in [0.2, 0.25) is 0 Å². The lowest BCUT2D eigenvalue weighted by Crippen LogP contribution is -1.92. The molecular formula is C15H15BrOS. The Bertz CT molecular complexity index is 552. The van der Waals surface area contributed by atoms with Crippen molar-refractivity contribution in [3.05, 3.63) is 58.1 Å². The third-order valence-corrected chi connectivity index (χ3v) is 4.60. The third-order valence-electron chi connectivity index (χ3n) is 2.74. The van der Waals surface area contributed by atoms with Crippen LogP contribution in [0.15, 0.2) is 56.7 Å². The summed E-state index contributed by atoms with van der Waals surface area (Å²) in [5, 5.41) is 9.59. The molecule has 1 N–H and O–H groups in total. The van der Waals surface area contributed by atoms with Gasteiger partial charge in [0.25, 0.3) is 0 Å². The van der Waals surface area contributed by atoms with E-state index < -0.39 is 6.10 Å². The van der Waals surface area contributed by atoms with Crippen LogP contribution in [0.25, 0.3) is 0 Å². The second-order valence-electron chi connectivity index (χ2n) is 4.23. The molecule has 0 aliphatic heterocycles. The molecular weight excluding hydrogens is 308 g/mol. The maximum Gasteiger partial charge on any atom is 0.0772 e. The Labute approximate surface area is 120 Å². The van der Waals surface area contributed by atoms with E-state index in [0.717, 1.165) is 10.0 Å². The zero-order valence-corrected chi connectivity index (χ0v) is 12.8. The van der Waals surface area contributed by atoms with E-state index >= 15 is 0 Å². The van der Waals surface area contributed by atoms with Gasteiger partial charge in [0, 0.05) is 14.3 Å². The number of rotatable bonds is 3. The van der Waals surface area contributed by atoms with Crippen LogP contribution in [0.1, 0.15) is 24.2 Å². The van der Waals surface area contributed by atoms with Gasteiger partial charge in [-0.3, -0.25) is 0 Å². The molecule has 0 saturated carbocycles. The summed E-state index contributed by atoms with van der Waals surface area (Å²) in [6.07, 6.45) is -0.447. The Kier molecular flexibility index (Phi) is 4.49. The summed E-state index contributed by atoms with van der Waals surface area (Å²) in [4.78, 5) is 2.43. The van der Waals surface area contributed by atoms with Crippen molar-refractivity contribution >= 4 is 27.7 Å². The summed E-state index contributed by atoms with van der Waals surface area (Å²) in [5.74, 6) is 0. The van der Waals surface area contributed by atoms with E-state index in [2.05, 4.69) is 47.1 Å². The lowest BCUT2D eigenvalue weighted by Gasteiger charge is -2.10. The summed E-state index contributed by atoms with van der Waals surface area (Å²) in [7, 11) is 0. The zero-order valence-electron chi connectivity index (χ0n) is 10.4. The van der Waals surface area contributed by atoms with Crippen molar-refractivity contribution in [2.75, 3.05) is 0 Å². The Morgan fingerprint density at radius 2 is 1.89 bits per heavy atom. The normalized spacial score (nSPS) is 12.4. The highest BCUT2D eigenvalue weighted by atomic mass is 79.9. The molecule has 18 heavy (non-hydrogen) atoms. The van der Waals surface area contributed by atoms with Crippen LogP contribution in [0.2, 0.25) is 0 Å². The smallest absolute Gasteiger partial charge is 0.0772 e. The van der Waals surface area contributed by atoms with Gasteiger partial charge in [0.15, 0.2) is 0 Å². The van der Waals surface area contributed by atoms with Crippen molar-refractivity contribution in [3.8, 4) is 0 Å². The van der Waals surface area contributed by atoms with Gasteiger partial charge in [0.1, 0.15) is 0 Å². The van der Waals surface area contributed by atoms with E-state index in [1.165, 1.54) is 15.4 Å². The average Bonchev–Trinajstić information content (AvgIpc) is 2.32. The van der Waals surface area contributed by atoms with E-state index in [4.69, 9.17) is 0 Å². The number of benzene rings is 2. The molecule has 0 aromatic heterocycles. The summed E-state index contributed by atoms with van der Waals surface area (Å²) < 4.78 is 0.955. The topological polar surface area (TPSA) is 20.2 Å². The lowest BCUT2D eigenvalue weighted by molar-refractivity contribution is 0.198. The molecule has 3 heteroatoms. The van der Waals surface area contributed by atoms with Crippen molar-refractivity contribution < 1.29 is 5.11 Å². The standard InChI is InChI=1S/C15H15BrOS/c1-10-5-3-4-6-15(10)18-12-7-8-13(11(2)17)14(16)9-12/h3-9,11,17H,1-2H3/t11-/m0/s1. The number of halogens is 1. The second-order valence-corrected chi connectivity index (χ2v) is 6.20. The summed E-state index contributed by atoms with van der Waals surface area (Å²) in [5.41, 5.74) is 2.20. The van der Waals surface area contributed by atoms with E-state index in [1.54, 1.807) is 18.7 Å². The molecule has 0 aliphatic carbocycles. The molecule has 0 spiro atoms. The van der Waals surface area contributed by atoms with E-state index in [9.17, 15) is 5.11 Å². The molecule has 2 aromatic carbocycles. The minimum absolute atomic E-state index is 0.447. The van der Waals surface area contributed by atoms with Gasteiger partial charge in [-0.1, -0.05) is 52.0 Å². The first kappa shape index (κ1) is 13.7. The molecule has 0 saturated heterocycles. The molecule has 0 unspecified atom stereocenters. The highest BCUT2D eigenvalue weighted by molar-refractivity contribution is 9.10. The molecule has 0 heterocycles. The Morgan fingerprint density at radius 1 is 1.17 bits per heavy atom. The molecule has 0 bridgehead atoms. The highest BCUT2D eigenvalue weighted by Gasteiger charge is 2.08. The van der Waals surface area contributed by atoms with Crippen molar-refractivity contribution in [3.63, 3.8) is 0 Å². The monoisotopic (exact) mass is 322 g/mol. The molecule has 2 rings (SSSR count). The van der Waals surface area contributed by atoms with Crippen LogP contribution < -0.4 is 0 Å². The summed E-state index contributed by atoms with van der Waals surface area (Å²) in [6.45, 7) is 3.88. The molecule has 1 nitrogen and oxygen atoms in total. The fourth-order valence-corrected chi connectivity index (χ4v) is 3.51. The Morgan fingerprint density at radius 3 is 2.50 bits per heavy atom. The Balaban J connectivity index is 2.26. The number of aliphatic hydroxyl groups is 1. The molecule has 2 aromatic rings. The molecule has 94 valence electrons. The van der Waals surface area contributed by atoms with Crippen molar-refractivity contribution in [2.24, 2.45) is 0 Å². The van der Waals surface area contributed by atoms with Gasteiger partial charge in [-0.2, -0.15) is 0 Å². The van der Waals surface area contributed by atoms with Crippen LogP contribution in [0.4, 0.5) is 0 Å². The lowest BCUT2D eigenvalue weighted by atomic mass is 10.1.